The maximum atomic E-state index is 15.9. The van der Waals surface area contributed by atoms with Crippen LogP contribution in [0.25, 0.3) is 0 Å². The first-order valence-corrected chi connectivity index (χ1v) is 13.6. The van der Waals surface area contributed by atoms with E-state index >= 15 is 4.39 Å². The number of aliphatic carboxylic acids is 1. The highest BCUT2D eigenvalue weighted by Crippen LogP contribution is 2.61. The summed E-state index contributed by atoms with van der Waals surface area (Å²) in [5.41, 5.74) is 4.15. The second kappa shape index (κ2) is 11.3. The first-order valence-electron chi connectivity index (χ1n) is 12.8. The Labute approximate surface area is 241 Å². The van der Waals surface area contributed by atoms with E-state index in [1.807, 2.05) is 20.8 Å². The number of ether oxygens (including phenoxy) is 1. The third-order valence-corrected chi connectivity index (χ3v) is 8.08. The number of anilines is 1. The van der Waals surface area contributed by atoms with Crippen LogP contribution in [0.2, 0.25) is 10.0 Å². The lowest BCUT2D eigenvalue weighted by Crippen LogP contribution is -2.55. The van der Waals surface area contributed by atoms with Gasteiger partial charge in [0.2, 0.25) is 11.8 Å². The Morgan fingerprint density at radius 1 is 1.25 bits per heavy atom. The van der Waals surface area contributed by atoms with Crippen molar-refractivity contribution in [1.29, 1.82) is 0 Å². The molecule has 1 fully saturated rings. The van der Waals surface area contributed by atoms with E-state index in [2.05, 4.69) is 5.32 Å². The number of carbonyl (C=O) groups excluding carboxylic acids is 2. The SMILES string of the molecule is CC(C)(C)CC1N(C(CC(N)=O)OCCO)C(C(=O)O)C(c2cccc(Cl)c2F)C12C(=O)Nc1cc(Cl)ccc12. The second-order valence-corrected chi connectivity index (χ2v) is 12.2. The molecule has 2 aromatic carbocycles. The van der Waals surface area contributed by atoms with Gasteiger partial charge >= 0.3 is 5.97 Å². The highest BCUT2D eigenvalue weighted by atomic mass is 35.5. The summed E-state index contributed by atoms with van der Waals surface area (Å²) in [6, 6.07) is 6.55. The van der Waals surface area contributed by atoms with Gasteiger partial charge in [-0.1, -0.05) is 62.2 Å². The van der Waals surface area contributed by atoms with Crippen molar-refractivity contribution in [2.24, 2.45) is 11.1 Å². The molecule has 2 heterocycles. The minimum Gasteiger partial charge on any atom is -0.480 e. The van der Waals surface area contributed by atoms with Crippen molar-refractivity contribution < 1.29 is 33.7 Å². The van der Waals surface area contributed by atoms with Gasteiger partial charge in [0.25, 0.3) is 0 Å². The first-order chi connectivity index (χ1) is 18.7. The van der Waals surface area contributed by atoms with E-state index in [0.29, 0.717) is 16.3 Å². The third kappa shape index (κ3) is 5.19. The molecule has 0 aliphatic carbocycles. The summed E-state index contributed by atoms with van der Waals surface area (Å²) in [7, 11) is 0. The molecular weight excluding hydrogens is 564 g/mol. The summed E-state index contributed by atoms with van der Waals surface area (Å²) in [5.74, 6) is -4.86. The Morgan fingerprint density at radius 2 is 1.95 bits per heavy atom. The number of nitrogens with two attached hydrogens (primary N) is 1. The van der Waals surface area contributed by atoms with E-state index in [1.165, 1.54) is 23.1 Å². The summed E-state index contributed by atoms with van der Waals surface area (Å²) < 4.78 is 21.7. The molecular formula is C28H32Cl2FN3O6. The zero-order valence-corrected chi connectivity index (χ0v) is 23.8. The molecule has 40 heavy (non-hydrogen) atoms. The highest BCUT2D eigenvalue weighted by Gasteiger charge is 2.70. The van der Waals surface area contributed by atoms with Crippen molar-refractivity contribution in [3.63, 3.8) is 0 Å². The van der Waals surface area contributed by atoms with Gasteiger partial charge in [-0.15, -0.1) is 0 Å². The number of likely N-dealkylation sites (tertiary alicyclic amines) is 1. The van der Waals surface area contributed by atoms with Crippen LogP contribution >= 0.6 is 23.2 Å². The minimum absolute atomic E-state index is 0.0701. The Bertz CT molecular complexity index is 1340. The van der Waals surface area contributed by atoms with E-state index in [-0.39, 0.29) is 23.6 Å². The van der Waals surface area contributed by atoms with Gasteiger partial charge in [-0.25, -0.2) is 4.39 Å². The van der Waals surface area contributed by atoms with Gasteiger partial charge in [0.05, 0.1) is 24.7 Å². The van der Waals surface area contributed by atoms with Crippen molar-refractivity contribution in [2.45, 2.75) is 63.3 Å². The molecule has 1 spiro atoms. The minimum atomic E-state index is -1.67. The average molecular weight is 596 g/mol. The highest BCUT2D eigenvalue weighted by molar-refractivity contribution is 6.31. The number of carbonyl (C=O) groups is 3. The number of hydrogen-bond acceptors (Lipinski definition) is 6. The van der Waals surface area contributed by atoms with E-state index in [4.69, 9.17) is 33.7 Å². The van der Waals surface area contributed by atoms with E-state index in [1.54, 1.807) is 18.2 Å². The predicted octanol–water partition coefficient (Wildman–Crippen LogP) is 3.89. The molecule has 5 unspecified atom stereocenters. The molecule has 9 nitrogen and oxygen atoms in total. The number of nitrogens with zero attached hydrogens (tertiary/aromatic N) is 1. The summed E-state index contributed by atoms with van der Waals surface area (Å²) >= 11 is 12.4. The van der Waals surface area contributed by atoms with E-state index in [9.17, 15) is 24.6 Å². The monoisotopic (exact) mass is 595 g/mol. The lowest BCUT2D eigenvalue weighted by atomic mass is 9.62. The topological polar surface area (TPSA) is 142 Å². The van der Waals surface area contributed by atoms with Gasteiger partial charge in [-0.2, -0.15) is 0 Å². The van der Waals surface area contributed by atoms with Crippen LogP contribution in [0.3, 0.4) is 0 Å². The van der Waals surface area contributed by atoms with E-state index in [0.717, 1.165) is 0 Å². The molecule has 2 aromatic rings. The van der Waals surface area contributed by atoms with Crippen LogP contribution in [0.5, 0.6) is 0 Å². The smallest absolute Gasteiger partial charge is 0.321 e. The first kappa shape index (κ1) is 30.2. The number of carboxylic acid groups (broad SMARTS) is 1. The van der Waals surface area contributed by atoms with Gasteiger partial charge in [-0.3, -0.25) is 19.3 Å². The summed E-state index contributed by atoms with van der Waals surface area (Å²) in [6.07, 6.45) is -1.44. The van der Waals surface area contributed by atoms with Crippen molar-refractivity contribution in [3.8, 4) is 0 Å². The normalized spacial score (nSPS) is 25.2. The predicted molar refractivity (Wildman–Crippen MR) is 148 cm³/mol. The summed E-state index contributed by atoms with van der Waals surface area (Å²) in [5, 5.41) is 23.2. The fraction of sp³-hybridized carbons (Fsp3) is 0.464. The number of benzene rings is 2. The molecule has 2 aliphatic rings. The molecule has 1 saturated heterocycles. The Morgan fingerprint density at radius 3 is 2.55 bits per heavy atom. The van der Waals surface area contributed by atoms with Crippen LogP contribution in [-0.2, 0) is 24.5 Å². The van der Waals surface area contributed by atoms with Crippen molar-refractivity contribution in [2.75, 3.05) is 18.5 Å². The second-order valence-electron chi connectivity index (χ2n) is 11.4. The molecule has 2 aliphatic heterocycles. The summed E-state index contributed by atoms with van der Waals surface area (Å²) in [6.45, 7) is 5.13. The molecule has 0 bridgehead atoms. The number of nitrogens with one attached hydrogen (secondary N) is 1. The number of halogens is 3. The Balaban J connectivity index is 2.13. The average Bonchev–Trinajstić information content (AvgIpc) is 3.29. The van der Waals surface area contributed by atoms with Crippen molar-refractivity contribution in [3.05, 3.63) is 63.4 Å². The number of carboxylic acids is 1. The zero-order chi connectivity index (χ0) is 29.6. The zero-order valence-electron chi connectivity index (χ0n) is 22.3. The maximum absolute atomic E-state index is 15.9. The van der Waals surface area contributed by atoms with Crippen molar-refractivity contribution >= 4 is 46.7 Å². The van der Waals surface area contributed by atoms with Gasteiger partial charge in [0, 0.05) is 22.7 Å². The largest absolute Gasteiger partial charge is 0.480 e. The number of aliphatic hydroxyl groups is 1. The molecule has 0 saturated carbocycles. The van der Waals surface area contributed by atoms with Crippen LogP contribution in [-0.4, -0.2) is 64.4 Å². The number of hydrogen-bond donors (Lipinski definition) is 4. The third-order valence-electron chi connectivity index (χ3n) is 7.55. The Kier molecular flexibility index (Phi) is 8.50. The lowest BCUT2D eigenvalue weighted by Gasteiger charge is -2.42. The number of primary amides is 1. The van der Waals surface area contributed by atoms with Crippen LogP contribution in [0, 0.1) is 11.2 Å². The van der Waals surface area contributed by atoms with Gasteiger partial charge in [0.15, 0.2) is 0 Å². The summed E-state index contributed by atoms with van der Waals surface area (Å²) in [4.78, 5) is 41.2. The number of rotatable bonds is 9. The fourth-order valence-corrected chi connectivity index (χ4v) is 6.66. The molecule has 0 radical (unpaired) electrons. The van der Waals surface area contributed by atoms with Gasteiger partial charge in [-0.05, 0) is 41.2 Å². The molecule has 12 heteroatoms. The maximum Gasteiger partial charge on any atom is 0.321 e. The number of amides is 2. The lowest BCUT2D eigenvalue weighted by molar-refractivity contribution is -0.156. The molecule has 2 amide bonds. The van der Waals surface area contributed by atoms with Crippen LogP contribution < -0.4 is 11.1 Å². The van der Waals surface area contributed by atoms with E-state index < -0.39 is 71.7 Å². The molecule has 5 atom stereocenters. The van der Waals surface area contributed by atoms with Crippen LogP contribution in [0.4, 0.5) is 10.1 Å². The van der Waals surface area contributed by atoms with Crippen molar-refractivity contribution in [1.82, 2.24) is 4.90 Å². The quantitative estimate of drug-likeness (QED) is 0.344. The fourth-order valence-electron chi connectivity index (χ4n) is 6.31. The number of aliphatic hydroxyl groups excluding tert-OH is 1. The van der Waals surface area contributed by atoms with Gasteiger partial charge in [0.1, 0.15) is 23.5 Å². The molecule has 0 aromatic heterocycles. The van der Waals surface area contributed by atoms with Crippen LogP contribution in [0.1, 0.15) is 50.7 Å². The number of fused-ring (bicyclic) bond motifs is 2. The Hall–Kier alpha value is -2.76. The molecule has 4 rings (SSSR count). The van der Waals surface area contributed by atoms with Gasteiger partial charge < -0.3 is 26.0 Å². The standard InChI is InChI=1S/C28H32Cl2FN3O6/c1-27(2,3)13-19-28(16-8-7-14(29)11-18(16)33-26(28)39)22(15-5-4-6-17(30)23(15)31)24(25(37)38)34(19)21(12-20(32)36)40-10-9-35/h4-8,11,19,21-22,24,35H,9-10,12-13H2,1-3H3,(H2,32,36)(H,33,39)(H,37,38). The molecule has 5 N–H and O–H groups in total. The van der Waals surface area contributed by atoms with Crippen LogP contribution in [0.15, 0.2) is 36.4 Å². The molecule has 216 valence electrons.